The molecule has 0 amide bonds. The lowest BCUT2D eigenvalue weighted by atomic mass is 10.1. The number of ether oxygens (including phenoxy) is 1. The highest BCUT2D eigenvalue weighted by Crippen LogP contribution is 2.21. The molecule has 16 heavy (non-hydrogen) atoms. The molecule has 1 aliphatic rings. The number of hydrogen-bond donors (Lipinski definition) is 1. The lowest BCUT2D eigenvalue weighted by Crippen LogP contribution is -2.28. The first-order chi connectivity index (χ1) is 7.66. The quantitative estimate of drug-likeness (QED) is 0.864. The van der Waals surface area contributed by atoms with Crippen LogP contribution < -0.4 is 5.32 Å². The van der Waals surface area contributed by atoms with Gasteiger partial charge in [0.15, 0.2) is 11.0 Å². The van der Waals surface area contributed by atoms with Crippen LogP contribution in [-0.4, -0.2) is 29.2 Å². The Bertz CT molecular complexity index is 378. The van der Waals surface area contributed by atoms with Gasteiger partial charge in [0.2, 0.25) is 0 Å². The smallest absolute Gasteiger partial charge is 0.171 e. The van der Waals surface area contributed by atoms with Gasteiger partial charge in [-0.1, -0.05) is 11.6 Å². The molecule has 1 aromatic rings. The first kappa shape index (κ1) is 11.6. The van der Waals surface area contributed by atoms with Crippen molar-refractivity contribution in [2.24, 2.45) is 0 Å². The zero-order valence-corrected chi connectivity index (χ0v) is 10.3. The van der Waals surface area contributed by atoms with Crippen LogP contribution in [0.1, 0.15) is 24.2 Å². The summed E-state index contributed by atoms with van der Waals surface area (Å²) in [5, 5.41) is 3.78. The maximum absolute atomic E-state index is 6.05. The topological polar surface area (TPSA) is 47.0 Å². The highest BCUT2D eigenvalue weighted by Gasteiger charge is 2.16. The summed E-state index contributed by atoms with van der Waals surface area (Å²) < 4.78 is 5.30. The van der Waals surface area contributed by atoms with Gasteiger partial charge in [-0.2, -0.15) is 0 Å². The molecule has 0 radical (unpaired) electrons. The number of anilines is 1. The van der Waals surface area contributed by atoms with Gasteiger partial charge in [0, 0.05) is 19.3 Å². The van der Waals surface area contributed by atoms with E-state index in [0.717, 1.165) is 37.4 Å². The summed E-state index contributed by atoms with van der Waals surface area (Å²) in [4.78, 5) is 8.67. The highest BCUT2D eigenvalue weighted by atomic mass is 35.5. The van der Waals surface area contributed by atoms with Crippen molar-refractivity contribution in [1.82, 2.24) is 9.97 Å². The molecule has 0 unspecified atom stereocenters. The molecule has 2 heterocycles. The van der Waals surface area contributed by atoms with Crippen molar-refractivity contribution in [1.29, 1.82) is 0 Å². The van der Waals surface area contributed by atoms with E-state index in [9.17, 15) is 0 Å². The Hall–Kier alpha value is -0.870. The maximum Gasteiger partial charge on any atom is 0.171 e. The predicted octanol–water partition coefficient (Wildman–Crippen LogP) is 2.34. The minimum atomic E-state index is 0.391. The average Bonchev–Trinajstić information content (AvgIpc) is 2.27. The van der Waals surface area contributed by atoms with Gasteiger partial charge >= 0.3 is 0 Å². The van der Waals surface area contributed by atoms with E-state index in [1.165, 1.54) is 0 Å². The largest absolute Gasteiger partial charge is 0.381 e. The maximum atomic E-state index is 6.05. The number of halogens is 1. The van der Waals surface area contributed by atoms with Gasteiger partial charge in [0.25, 0.3) is 0 Å². The molecule has 1 saturated heterocycles. The molecule has 0 bridgehead atoms. The van der Waals surface area contributed by atoms with Crippen LogP contribution in [0.4, 0.5) is 5.82 Å². The first-order valence-electron chi connectivity index (χ1n) is 5.52. The van der Waals surface area contributed by atoms with Gasteiger partial charge < -0.3 is 10.1 Å². The summed E-state index contributed by atoms with van der Waals surface area (Å²) in [6.07, 6.45) is 1.98. The zero-order chi connectivity index (χ0) is 11.5. The van der Waals surface area contributed by atoms with Gasteiger partial charge in [-0.25, -0.2) is 9.97 Å². The van der Waals surface area contributed by atoms with E-state index in [1.54, 1.807) is 0 Å². The number of hydrogen-bond acceptors (Lipinski definition) is 4. The number of rotatable bonds is 2. The summed E-state index contributed by atoms with van der Waals surface area (Å²) in [6, 6.07) is 0.391. The summed E-state index contributed by atoms with van der Waals surface area (Å²) in [7, 11) is 0. The Balaban J connectivity index is 2.11. The van der Waals surface area contributed by atoms with Crippen LogP contribution in [0.15, 0.2) is 0 Å². The molecule has 0 atom stereocenters. The lowest BCUT2D eigenvalue weighted by Gasteiger charge is -2.24. The number of nitrogens with one attached hydrogen (secondary N) is 1. The third kappa shape index (κ3) is 2.62. The van der Waals surface area contributed by atoms with Crippen molar-refractivity contribution in [3.63, 3.8) is 0 Å². The van der Waals surface area contributed by atoms with Crippen molar-refractivity contribution in [3.05, 3.63) is 16.5 Å². The standard InChI is InChI=1S/C11H16ClN3O/c1-7-8(2)14-11(10(12)13-7)15-9-3-5-16-6-4-9/h9H,3-6H2,1-2H3,(H,14,15). The van der Waals surface area contributed by atoms with Crippen LogP contribution >= 0.6 is 11.6 Å². The normalized spacial score (nSPS) is 17.4. The number of aromatic nitrogens is 2. The van der Waals surface area contributed by atoms with Crippen LogP contribution in [0, 0.1) is 13.8 Å². The summed E-state index contributed by atoms with van der Waals surface area (Å²) in [5.74, 6) is 0.691. The number of nitrogens with zero attached hydrogens (tertiary/aromatic N) is 2. The van der Waals surface area contributed by atoms with Gasteiger partial charge in [0.1, 0.15) is 0 Å². The van der Waals surface area contributed by atoms with E-state index in [2.05, 4.69) is 15.3 Å². The molecule has 1 aliphatic heterocycles. The summed E-state index contributed by atoms with van der Waals surface area (Å²) in [6.45, 7) is 5.45. The van der Waals surface area contributed by atoms with E-state index >= 15 is 0 Å². The molecule has 2 rings (SSSR count). The molecular weight excluding hydrogens is 226 g/mol. The average molecular weight is 242 g/mol. The molecule has 0 saturated carbocycles. The van der Waals surface area contributed by atoms with Crippen molar-refractivity contribution < 1.29 is 4.74 Å². The second kappa shape index (κ2) is 4.97. The molecule has 0 aliphatic carbocycles. The van der Waals surface area contributed by atoms with Crippen molar-refractivity contribution >= 4 is 17.4 Å². The Kier molecular flexibility index (Phi) is 3.61. The van der Waals surface area contributed by atoms with E-state index < -0.39 is 0 Å². The molecule has 5 heteroatoms. The fraction of sp³-hybridized carbons (Fsp3) is 0.636. The van der Waals surface area contributed by atoms with Gasteiger partial charge in [0.05, 0.1) is 11.4 Å². The minimum absolute atomic E-state index is 0.391. The third-order valence-corrected chi connectivity index (χ3v) is 3.09. The number of aryl methyl sites for hydroxylation is 2. The van der Waals surface area contributed by atoms with Crippen molar-refractivity contribution in [2.75, 3.05) is 18.5 Å². The molecule has 0 spiro atoms. The summed E-state index contributed by atoms with van der Waals surface area (Å²) in [5.41, 5.74) is 1.79. The monoisotopic (exact) mass is 241 g/mol. The molecule has 1 fully saturated rings. The van der Waals surface area contributed by atoms with Crippen LogP contribution in [-0.2, 0) is 4.74 Å². The third-order valence-electron chi connectivity index (χ3n) is 2.83. The minimum Gasteiger partial charge on any atom is -0.381 e. The van der Waals surface area contributed by atoms with Gasteiger partial charge in [-0.05, 0) is 26.7 Å². The molecule has 4 nitrogen and oxygen atoms in total. The van der Waals surface area contributed by atoms with Crippen molar-refractivity contribution in [3.8, 4) is 0 Å². The molecular formula is C11H16ClN3O. The van der Waals surface area contributed by atoms with Gasteiger partial charge in [-0.15, -0.1) is 0 Å². The predicted molar refractivity (Wildman–Crippen MR) is 64.0 cm³/mol. The molecule has 0 aromatic carbocycles. The van der Waals surface area contributed by atoms with Crippen LogP contribution in [0.2, 0.25) is 5.15 Å². The van der Waals surface area contributed by atoms with Crippen LogP contribution in [0.3, 0.4) is 0 Å². The van der Waals surface area contributed by atoms with Crippen LogP contribution in [0.25, 0.3) is 0 Å². The SMILES string of the molecule is Cc1nc(Cl)c(NC2CCOCC2)nc1C. The van der Waals surface area contributed by atoms with Crippen LogP contribution in [0.5, 0.6) is 0 Å². The van der Waals surface area contributed by atoms with E-state index in [-0.39, 0.29) is 0 Å². The van der Waals surface area contributed by atoms with Crippen molar-refractivity contribution in [2.45, 2.75) is 32.7 Å². The van der Waals surface area contributed by atoms with E-state index in [4.69, 9.17) is 16.3 Å². The Morgan fingerprint density at radius 2 is 1.81 bits per heavy atom. The Morgan fingerprint density at radius 1 is 1.19 bits per heavy atom. The molecule has 1 N–H and O–H groups in total. The Labute approximate surface area is 100 Å². The fourth-order valence-electron chi connectivity index (χ4n) is 1.70. The first-order valence-corrected chi connectivity index (χ1v) is 5.89. The second-order valence-corrected chi connectivity index (χ2v) is 4.42. The van der Waals surface area contributed by atoms with Gasteiger partial charge in [-0.3, -0.25) is 0 Å². The fourth-order valence-corrected chi connectivity index (χ4v) is 1.93. The molecule has 88 valence electrons. The summed E-state index contributed by atoms with van der Waals surface area (Å²) >= 11 is 6.05. The zero-order valence-electron chi connectivity index (χ0n) is 9.59. The van der Waals surface area contributed by atoms with E-state index in [0.29, 0.717) is 17.0 Å². The van der Waals surface area contributed by atoms with E-state index in [1.807, 2.05) is 13.8 Å². The Morgan fingerprint density at radius 3 is 2.50 bits per heavy atom. The second-order valence-electron chi connectivity index (χ2n) is 4.06. The lowest BCUT2D eigenvalue weighted by molar-refractivity contribution is 0.0904. The molecule has 1 aromatic heterocycles. The highest BCUT2D eigenvalue weighted by molar-refractivity contribution is 6.31.